The first-order valence-corrected chi connectivity index (χ1v) is 4.93. The van der Waals surface area contributed by atoms with Crippen molar-refractivity contribution in [1.29, 1.82) is 5.26 Å². The molecule has 15 heavy (non-hydrogen) atoms. The molecule has 76 valence electrons. The zero-order chi connectivity index (χ0) is 10.8. The number of H-pyrrole nitrogens is 1. The van der Waals surface area contributed by atoms with Crippen LogP contribution < -0.4 is 5.73 Å². The highest BCUT2D eigenvalue weighted by molar-refractivity contribution is 5.85. The predicted molar refractivity (Wildman–Crippen MR) is 60.2 cm³/mol. The molecule has 1 aromatic carbocycles. The zero-order valence-corrected chi connectivity index (χ0v) is 8.62. The van der Waals surface area contributed by atoms with Crippen LogP contribution in [0.5, 0.6) is 0 Å². The van der Waals surface area contributed by atoms with Gasteiger partial charge in [-0.15, -0.1) is 0 Å². The molecule has 0 saturated heterocycles. The molecule has 0 unspecified atom stereocenters. The maximum absolute atomic E-state index is 8.66. The Kier molecular flexibility index (Phi) is 2.44. The monoisotopic (exact) mass is 199 g/mol. The maximum Gasteiger partial charge on any atom is 0.0641 e. The number of aromatic amines is 1. The normalized spacial score (nSPS) is 12.6. The molecule has 2 aromatic rings. The van der Waals surface area contributed by atoms with Gasteiger partial charge in [-0.25, -0.2) is 0 Å². The van der Waals surface area contributed by atoms with E-state index >= 15 is 0 Å². The number of para-hydroxylation sites is 1. The van der Waals surface area contributed by atoms with E-state index in [1.807, 2.05) is 31.2 Å². The lowest BCUT2D eigenvalue weighted by atomic mass is 10.0. The lowest BCUT2D eigenvalue weighted by molar-refractivity contribution is 0.748. The summed E-state index contributed by atoms with van der Waals surface area (Å²) in [5, 5.41) is 9.78. The SMILES string of the molecule is Cc1[nH]c2ccccc2c1[C@@H](N)CC#N. The first-order chi connectivity index (χ1) is 7.24. The molecule has 0 radical (unpaired) electrons. The number of nitrogens with one attached hydrogen (secondary N) is 1. The van der Waals surface area contributed by atoms with Crippen LogP contribution in [0.3, 0.4) is 0 Å². The first-order valence-electron chi connectivity index (χ1n) is 4.93. The van der Waals surface area contributed by atoms with Crippen molar-refractivity contribution in [3.8, 4) is 6.07 Å². The van der Waals surface area contributed by atoms with Crippen LogP contribution in [-0.2, 0) is 0 Å². The summed E-state index contributed by atoms with van der Waals surface area (Å²) < 4.78 is 0. The maximum atomic E-state index is 8.66. The predicted octanol–water partition coefficient (Wildman–Crippen LogP) is 2.39. The van der Waals surface area contributed by atoms with Gasteiger partial charge in [0.15, 0.2) is 0 Å². The van der Waals surface area contributed by atoms with Crippen molar-refractivity contribution in [1.82, 2.24) is 4.98 Å². The summed E-state index contributed by atoms with van der Waals surface area (Å²) in [7, 11) is 0. The van der Waals surface area contributed by atoms with Crippen molar-refractivity contribution < 1.29 is 0 Å². The van der Waals surface area contributed by atoms with E-state index in [0.717, 1.165) is 22.2 Å². The molecule has 2 rings (SSSR count). The summed E-state index contributed by atoms with van der Waals surface area (Å²) in [6.07, 6.45) is 0.350. The van der Waals surface area contributed by atoms with Crippen LogP contribution in [0, 0.1) is 18.3 Å². The van der Waals surface area contributed by atoms with Gasteiger partial charge < -0.3 is 10.7 Å². The molecule has 3 nitrogen and oxygen atoms in total. The number of nitrogens with two attached hydrogens (primary N) is 1. The zero-order valence-electron chi connectivity index (χ0n) is 8.62. The Hall–Kier alpha value is -1.79. The summed E-state index contributed by atoms with van der Waals surface area (Å²) in [5.41, 5.74) is 9.17. The van der Waals surface area contributed by atoms with Gasteiger partial charge in [0, 0.05) is 22.6 Å². The van der Waals surface area contributed by atoms with Gasteiger partial charge in [-0.05, 0) is 18.6 Å². The van der Waals surface area contributed by atoms with Crippen molar-refractivity contribution in [2.75, 3.05) is 0 Å². The Labute approximate surface area is 88.5 Å². The molecule has 0 fully saturated rings. The first kappa shape index (κ1) is 9.75. The Morgan fingerprint density at radius 2 is 2.20 bits per heavy atom. The van der Waals surface area contributed by atoms with Crippen molar-refractivity contribution in [2.24, 2.45) is 5.73 Å². The highest BCUT2D eigenvalue weighted by Crippen LogP contribution is 2.27. The molecule has 0 aliphatic carbocycles. The molecular weight excluding hydrogens is 186 g/mol. The van der Waals surface area contributed by atoms with E-state index < -0.39 is 0 Å². The van der Waals surface area contributed by atoms with Crippen molar-refractivity contribution >= 4 is 10.9 Å². The Morgan fingerprint density at radius 1 is 1.47 bits per heavy atom. The van der Waals surface area contributed by atoms with Crippen LogP contribution in [0.15, 0.2) is 24.3 Å². The van der Waals surface area contributed by atoms with Gasteiger partial charge in [-0.3, -0.25) is 0 Å². The van der Waals surface area contributed by atoms with Crippen LogP contribution in [0.25, 0.3) is 10.9 Å². The number of fused-ring (bicyclic) bond motifs is 1. The minimum Gasteiger partial charge on any atom is -0.358 e. The van der Waals surface area contributed by atoms with Gasteiger partial charge in [0.05, 0.1) is 12.5 Å². The Morgan fingerprint density at radius 3 is 2.93 bits per heavy atom. The van der Waals surface area contributed by atoms with Crippen LogP contribution in [-0.4, -0.2) is 4.98 Å². The van der Waals surface area contributed by atoms with Crippen molar-refractivity contribution in [3.63, 3.8) is 0 Å². The molecule has 0 aliphatic rings. The van der Waals surface area contributed by atoms with Gasteiger partial charge in [-0.1, -0.05) is 18.2 Å². The highest BCUT2D eigenvalue weighted by atomic mass is 14.7. The Bertz CT molecular complexity index is 519. The van der Waals surface area contributed by atoms with E-state index in [9.17, 15) is 0 Å². The molecule has 0 aliphatic heterocycles. The van der Waals surface area contributed by atoms with Crippen LogP contribution in [0.4, 0.5) is 0 Å². The van der Waals surface area contributed by atoms with E-state index in [4.69, 9.17) is 11.0 Å². The molecule has 1 aromatic heterocycles. The molecule has 0 spiro atoms. The molecule has 3 N–H and O–H groups in total. The summed E-state index contributed by atoms with van der Waals surface area (Å²) in [4.78, 5) is 3.28. The molecule has 1 heterocycles. The average molecular weight is 199 g/mol. The largest absolute Gasteiger partial charge is 0.358 e. The minimum absolute atomic E-state index is 0.203. The van der Waals surface area contributed by atoms with E-state index in [1.54, 1.807) is 0 Å². The number of nitrogens with zero attached hydrogens (tertiary/aromatic N) is 1. The molecular formula is C12H13N3. The van der Waals surface area contributed by atoms with E-state index in [-0.39, 0.29) is 6.04 Å². The summed E-state index contributed by atoms with van der Waals surface area (Å²) in [6, 6.07) is 9.93. The van der Waals surface area contributed by atoms with Gasteiger partial charge >= 0.3 is 0 Å². The third kappa shape index (κ3) is 1.60. The van der Waals surface area contributed by atoms with Crippen molar-refractivity contribution in [3.05, 3.63) is 35.5 Å². The third-order valence-corrected chi connectivity index (χ3v) is 2.63. The lowest BCUT2D eigenvalue weighted by Crippen LogP contribution is -2.09. The fourth-order valence-electron chi connectivity index (χ4n) is 1.98. The molecule has 0 bridgehead atoms. The molecule has 0 saturated carbocycles. The summed E-state index contributed by atoms with van der Waals surface area (Å²) >= 11 is 0. The minimum atomic E-state index is -0.203. The van der Waals surface area contributed by atoms with Crippen LogP contribution >= 0.6 is 0 Å². The Balaban J connectivity index is 2.59. The van der Waals surface area contributed by atoms with Gasteiger partial charge in [0.25, 0.3) is 0 Å². The van der Waals surface area contributed by atoms with E-state index in [1.165, 1.54) is 0 Å². The van der Waals surface area contributed by atoms with Crippen molar-refractivity contribution in [2.45, 2.75) is 19.4 Å². The quantitative estimate of drug-likeness (QED) is 0.779. The number of benzene rings is 1. The molecule has 0 amide bonds. The van der Waals surface area contributed by atoms with Crippen LogP contribution in [0.1, 0.15) is 23.7 Å². The van der Waals surface area contributed by atoms with Gasteiger partial charge in [0.2, 0.25) is 0 Å². The van der Waals surface area contributed by atoms with E-state index in [2.05, 4.69) is 11.1 Å². The van der Waals surface area contributed by atoms with Gasteiger partial charge in [-0.2, -0.15) is 5.26 Å². The smallest absolute Gasteiger partial charge is 0.0641 e. The highest BCUT2D eigenvalue weighted by Gasteiger charge is 2.14. The fourth-order valence-corrected chi connectivity index (χ4v) is 1.98. The number of aryl methyl sites for hydroxylation is 1. The number of hydrogen-bond donors (Lipinski definition) is 2. The third-order valence-electron chi connectivity index (χ3n) is 2.63. The number of nitriles is 1. The standard InChI is InChI=1S/C12H13N3/c1-8-12(10(14)6-7-13)9-4-2-3-5-11(9)15-8/h2-5,10,15H,6,14H2,1H3/t10-/m0/s1. The van der Waals surface area contributed by atoms with Crippen LogP contribution in [0.2, 0.25) is 0 Å². The molecule has 1 atom stereocenters. The second-order valence-corrected chi connectivity index (χ2v) is 3.68. The number of aromatic nitrogens is 1. The lowest BCUT2D eigenvalue weighted by Gasteiger charge is -2.07. The van der Waals surface area contributed by atoms with Gasteiger partial charge in [0.1, 0.15) is 0 Å². The fraction of sp³-hybridized carbons (Fsp3) is 0.250. The average Bonchev–Trinajstić information content (AvgIpc) is 2.54. The topological polar surface area (TPSA) is 65.6 Å². The number of hydrogen-bond acceptors (Lipinski definition) is 2. The second-order valence-electron chi connectivity index (χ2n) is 3.68. The van der Waals surface area contributed by atoms with E-state index in [0.29, 0.717) is 6.42 Å². The number of rotatable bonds is 2. The summed E-state index contributed by atoms with van der Waals surface area (Å²) in [6.45, 7) is 1.99. The second kappa shape index (κ2) is 3.76. The summed E-state index contributed by atoms with van der Waals surface area (Å²) in [5.74, 6) is 0. The molecule has 3 heteroatoms.